The van der Waals surface area contributed by atoms with Gasteiger partial charge in [0, 0.05) is 12.1 Å². The van der Waals surface area contributed by atoms with Gasteiger partial charge in [-0.15, -0.1) is 0 Å². The Kier molecular flexibility index (Phi) is 4.79. The van der Waals surface area contributed by atoms with Crippen molar-refractivity contribution in [3.05, 3.63) is 0 Å². The van der Waals surface area contributed by atoms with Crippen LogP contribution in [0, 0.1) is 5.41 Å². The highest BCUT2D eigenvalue weighted by atomic mass is 32.2. The van der Waals surface area contributed by atoms with Crippen molar-refractivity contribution in [1.82, 2.24) is 5.32 Å². The first-order chi connectivity index (χ1) is 8.37. The van der Waals surface area contributed by atoms with Crippen LogP contribution in [-0.4, -0.2) is 31.0 Å². The molecular formula is C15H31NO2S. The van der Waals surface area contributed by atoms with Gasteiger partial charge in [-0.3, -0.25) is 0 Å². The molecule has 1 N–H and O–H groups in total. The van der Waals surface area contributed by atoms with Gasteiger partial charge in [-0.2, -0.15) is 0 Å². The van der Waals surface area contributed by atoms with Gasteiger partial charge >= 0.3 is 0 Å². The van der Waals surface area contributed by atoms with E-state index in [4.69, 9.17) is 0 Å². The van der Waals surface area contributed by atoms with E-state index in [2.05, 4.69) is 26.1 Å². The van der Waals surface area contributed by atoms with E-state index in [0.717, 1.165) is 25.8 Å². The quantitative estimate of drug-likeness (QED) is 0.845. The van der Waals surface area contributed by atoms with Crippen molar-refractivity contribution in [1.29, 1.82) is 0 Å². The summed E-state index contributed by atoms with van der Waals surface area (Å²) in [5.41, 5.74) is 0.317. The van der Waals surface area contributed by atoms with Crippen LogP contribution in [0.2, 0.25) is 0 Å². The zero-order valence-electron chi connectivity index (χ0n) is 13.5. The van der Waals surface area contributed by atoms with E-state index in [1.165, 1.54) is 6.42 Å². The summed E-state index contributed by atoms with van der Waals surface area (Å²) in [5.74, 6) is 0.322. The first-order valence-corrected chi connectivity index (χ1v) is 9.00. The van der Waals surface area contributed by atoms with E-state index >= 15 is 0 Å². The van der Waals surface area contributed by atoms with E-state index in [9.17, 15) is 8.42 Å². The summed E-state index contributed by atoms with van der Waals surface area (Å²) in [6.45, 7) is 12.8. The fourth-order valence-corrected chi connectivity index (χ4v) is 3.62. The Morgan fingerprint density at radius 2 is 1.58 bits per heavy atom. The Hall–Kier alpha value is -0.0900. The fourth-order valence-electron chi connectivity index (χ4n) is 2.30. The van der Waals surface area contributed by atoms with Gasteiger partial charge in [0.2, 0.25) is 0 Å². The Morgan fingerprint density at radius 1 is 1.05 bits per heavy atom. The lowest BCUT2D eigenvalue weighted by Crippen LogP contribution is -2.48. The Morgan fingerprint density at radius 3 is 1.89 bits per heavy atom. The fraction of sp³-hybridized carbons (Fsp3) is 1.00. The molecule has 1 fully saturated rings. The maximum Gasteiger partial charge on any atom is 0.155 e. The second-order valence-electron chi connectivity index (χ2n) is 8.14. The molecule has 0 unspecified atom stereocenters. The molecule has 0 atom stereocenters. The average Bonchev–Trinajstić information content (AvgIpc) is 2.11. The largest absolute Gasteiger partial charge is 0.312 e. The first kappa shape index (κ1) is 17.0. The molecule has 3 nitrogen and oxygen atoms in total. The third-order valence-corrected chi connectivity index (χ3v) is 6.85. The predicted molar refractivity (Wildman–Crippen MR) is 82.2 cm³/mol. The molecule has 0 aliphatic heterocycles. The molecule has 0 bridgehead atoms. The van der Waals surface area contributed by atoms with Gasteiger partial charge in [0.05, 0.1) is 10.5 Å². The molecule has 1 aliphatic rings. The highest BCUT2D eigenvalue weighted by molar-refractivity contribution is 7.92. The highest BCUT2D eigenvalue weighted by Gasteiger charge is 2.40. The highest BCUT2D eigenvalue weighted by Crippen LogP contribution is 2.44. The summed E-state index contributed by atoms with van der Waals surface area (Å²) in [6.07, 6.45) is 4.36. The molecule has 0 spiro atoms. The number of hydrogen-bond donors (Lipinski definition) is 1. The van der Waals surface area contributed by atoms with Crippen LogP contribution < -0.4 is 5.32 Å². The third-order valence-electron chi connectivity index (χ3n) is 4.24. The summed E-state index contributed by atoms with van der Waals surface area (Å²) in [5, 5.41) is 3.54. The van der Waals surface area contributed by atoms with Gasteiger partial charge in [-0.1, -0.05) is 6.42 Å². The van der Waals surface area contributed by atoms with Gasteiger partial charge in [-0.25, -0.2) is 8.42 Å². The zero-order valence-corrected chi connectivity index (χ0v) is 14.3. The minimum atomic E-state index is -2.99. The maximum absolute atomic E-state index is 12.2. The van der Waals surface area contributed by atoms with Crippen LogP contribution in [0.15, 0.2) is 0 Å². The molecule has 4 heteroatoms. The summed E-state index contributed by atoms with van der Waals surface area (Å²) in [6, 6.07) is 0. The summed E-state index contributed by atoms with van der Waals surface area (Å²) < 4.78 is 23.8. The van der Waals surface area contributed by atoms with E-state index < -0.39 is 14.6 Å². The lowest BCUT2D eigenvalue weighted by Gasteiger charge is -2.44. The maximum atomic E-state index is 12.2. The van der Waals surface area contributed by atoms with E-state index in [1.54, 1.807) is 20.8 Å². The van der Waals surface area contributed by atoms with Crippen LogP contribution in [-0.2, 0) is 9.84 Å². The van der Waals surface area contributed by atoms with Gasteiger partial charge in [0.15, 0.2) is 9.84 Å². The molecule has 0 saturated heterocycles. The normalized spacial score (nSPS) is 20.1. The van der Waals surface area contributed by atoms with Gasteiger partial charge < -0.3 is 5.32 Å². The smallest absolute Gasteiger partial charge is 0.155 e. The van der Waals surface area contributed by atoms with Crippen LogP contribution in [0.1, 0.15) is 67.2 Å². The molecule has 114 valence electrons. The molecule has 0 aromatic carbocycles. The average molecular weight is 289 g/mol. The molecule has 0 radical (unpaired) electrons. The number of nitrogens with one attached hydrogen (secondary N) is 1. The molecule has 1 saturated carbocycles. The molecular weight excluding hydrogens is 258 g/mol. The van der Waals surface area contributed by atoms with Crippen LogP contribution >= 0.6 is 0 Å². The van der Waals surface area contributed by atoms with Crippen molar-refractivity contribution < 1.29 is 8.42 Å². The van der Waals surface area contributed by atoms with Crippen molar-refractivity contribution in [3.8, 4) is 0 Å². The lowest BCUT2D eigenvalue weighted by atomic mass is 9.67. The summed E-state index contributed by atoms with van der Waals surface area (Å²) in [4.78, 5) is 0. The zero-order chi connectivity index (χ0) is 14.9. The van der Waals surface area contributed by atoms with Crippen molar-refractivity contribution in [2.45, 2.75) is 77.5 Å². The van der Waals surface area contributed by atoms with Crippen LogP contribution in [0.25, 0.3) is 0 Å². The topological polar surface area (TPSA) is 46.2 Å². The first-order valence-electron chi connectivity index (χ1n) is 7.34. The second kappa shape index (κ2) is 5.36. The number of rotatable bonds is 5. The Bertz CT molecular complexity index is 395. The van der Waals surface area contributed by atoms with Gasteiger partial charge in [0.25, 0.3) is 0 Å². The predicted octanol–water partition coefficient (Wildman–Crippen LogP) is 3.15. The van der Waals surface area contributed by atoms with Gasteiger partial charge in [0.1, 0.15) is 0 Å². The van der Waals surface area contributed by atoms with E-state index in [-0.39, 0.29) is 11.0 Å². The van der Waals surface area contributed by atoms with E-state index in [1.807, 2.05) is 0 Å². The lowest BCUT2D eigenvalue weighted by molar-refractivity contribution is 0.113. The second-order valence-corrected chi connectivity index (χ2v) is 11.0. The van der Waals surface area contributed by atoms with Crippen LogP contribution in [0.3, 0.4) is 0 Å². The van der Waals surface area contributed by atoms with Crippen LogP contribution in [0.5, 0.6) is 0 Å². The SMILES string of the molecule is CC(C)(C)NCC1(CCS(=O)(=O)C(C)(C)C)CCC1. The minimum Gasteiger partial charge on any atom is -0.312 e. The monoisotopic (exact) mass is 289 g/mol. The molecule has 0 heterocycles. The molecule has 0 aromatic heterocycles. The number of sulfone groups is 1. The summed E-state index contributed by atoms with van der Waals surface area (Å²) in [7, 11) is -2.99. The van der Waals surface area contributed by atoms with Crippen LogP contribution in [0.4, 0.5) is 0 Å². The standard InChI is InChI=1S/C15H31NO2S/c1-13(2,3)16-12-15(8-7-9-15)10-11-19(17,18)14(4,5)6/h16H,7-12H2,1-6H3. The third kappa shape index (κ3) is 4.75. The van der Waals surface area contributed by atoms with Crippen molar-refractivity contribution in [2.75, 3.05) is 12.3 Å². The summed E-state index contributed by atoms with van der Waals surface area (Å²) >= 11 is 0. The molecule has 0 amide bonds. The van der Waals surface area contributed by atoms with Gasteiger partial charge in [-0.05, 0) is 66.2 Å². The van der Waals surface area contributed by atoms with Crippen molar-refractivity contribution in [3.63, 3.8) is 0 Å². The minimum absolute atomic E-state index is 0.103. The van der Waals surface area contributed by atoms with Crippen molar-refractivity contribution in [2.24, 2.45) is 5.41 Å². The van der Waals surface area contributed by atoms with Crippen molar-refractivity contribution >= 4 is 9.84 Å². The molecule has 1 aliphatic carbocycles. The molecule has 1 rings (SSSR count). The van der Waals surface area contributed by atoms with E-state index in [0.29, 0.717) is 5.75 Å². The Balaban J connectivity index is 2.59. The number of hydrogen-bond acceptors (Lipinski definition) is 3. The molecule has 19 heavy (non-hydrogen) atoms. The molecule has 0 aromatic rings. The Labute approximate surface area is 119 Å².